The summed E-state index contributed by atoms with van der Waals surface area (Å²) in [5.41, 5.74) is 2.65. The number of fused-ring (bicyclic) bond motifs is 1. The first-order valence-corrected chi connectivity index (χ1v) is 4.32. The average Bonchev–Trinajstić information content (AvgIpc) is 2.39. The minimum Gasteiger partial charge on any atom is -0.408 e. The van der Waals surface area contributed by atoms with Crippen LogP contribution in [-0.4, -0.2) is 4.57 Å². The van der Waals surface area contributed by atoms with Gasteiger partial charge in [-0.3, -0.25) is 4.57 Å². The molecule has 0 N–H and O–H groups in total. The molecule has 0 bridgehead atoms. The molecule has 0 amide bonds. The molecular weight excluding hydrogens is 166 g/mol. The van der Waals surface area contributed by atoms with Crippen LogP contribution < -0.4 is 5.76 Å². The Morgan fingerprint density at radius 3 is 2.92 bits per heavy atom. The summed E-state index contributed by atoms with van der Waals surface area (Å²) in [5.74, 6) is -0.275. The molecule has 0 atom stereocenters. The first-order chi connectivity index (χ1) is 6.22. The molecule has 0 radical (unpaired) electrons. The number of rotatable bonds is 1. The van der Waals surface area contributed by atoms with Gasteiger partial charge in [-0.25, -0.2) is 4.79 Å². The Morgan fingerprint density at radius 1 is 1.46 bits per heavy atom. The van der Waals surface area contributed by atoms with E-state index in [0.717, 1.165) is 11.1 Å². The van der Waals surface area contributed by atoms with E-state index < -0.39 is 0 Å². The van der Waals surface area contributed by atoms with Crippen molar-refractivity contribution in [1.82, 2.24) is 4.57 Å². The lowest BCUT2D eigenvalue weighted by Crippen LogP contribution is -2.11. The molecule has 3 heteroatoms. The van der Waals surface area contributed by atoms with E-state index >= 15 is 0 Å². The molecular formula is C10H11NO2. The van der Waals surface area contributed by atoms with Crippen LogP contribution in [-0.2, 0) is 6.54 Å². The Hall–Kier alpha value is -1.51. The number of nitrogens with zero attached hydrogens (tertiary/aromatic N) is 1. The van der Waals surface area contributed by atoms with E-state index in [1.807, 2.05) is 32.0 Å². The first-order valence-electron chi connectivity index (χ1n) is 4.32. The van der Waals surface area contributed by atoms with E-state index in [2.05, 4.69) is 0 Å². The molecule has 2 rings (SSSR count). The van der Waals surface area contributed by atoms with Crippen LogP contribution in [0.5, 0.6) is 0 Å². The Labute approximate surface area is 75.6 Å². The Morgan fingerprint density at radius 2 is 2.23 bits per heavy atom. The second kappa shape index (κ2) is 2.76. The summed E-state index contributed by atoms with van der Waals surface area (Å²) in [4.78, 5) is 11.3. The molecule has 0 fully saturated rings. The number of hydrogen-bond donors (Lipinski definition) is 0. The van der Waals surface area contributed by atoms with E-state index in [4.69, 9.17) is 4.42 Å². The maximum absolute atomic E-state index is 11.3. The molecule has 3 nitrogen and oxygen atoms in total. The van der Waals surface area contributed by atoms with Crippen LogP contribution in [0.2, 0.25) is 0 Å². The highest BCUT2D eigenvalue weighted by atomic mass is 16.4. The first kappa shape index (κ1) is 8.10. The molecule has 68 valence electrons. The molecule has 0 spiro atoms. The van der Waals surface area contributed by atoms with Gasteiger partial charge in [0.25, 0.3) is 0 Å². The van der Waals surface area contributed by atoms with E-state index in [1.54, 1.807) is 4.57 Å². The van der Waals surface area contributed by atoms with Gasteiger partial charge in [0, 0.05) is 6.54 Å². The van der Waals surface area contributed by atoms with Crippen molar-refractivity contribution in [3.8, 4) is 0 Å². The van der Waals surface area contributed by atoms with Gasteiger partial charge in [-0.05, 0) is 31.5 Å². The van der Waals surface area contributed by atoms with Crippen molar-refractivity contribution >= 4 is 11.1 Å². The predicted molar refractivity (Wildman–Crippen MR) is 50.9 cm³/mol. The Balaban J connectivity index is 2.87. The largest absolute Gasteiger partial charge is 0.419 e. The summed E-state index contributed by atoms with van der Waals surface area (Å²) < 4.78 is 6.70. The minimum absolute atomic E-state index is 0.275. The normalized spacial score (nSPS) is 10.9. The lowest BCUT2D eigenvalue weighted by Gasteiger charge is -1.95. The molecule has 0 aliphatic rings. The van der Waals surface area contributed by atoms with Gasteiger partial charge in [0.05, 0.1) is 5.52 Å². The third-order valence-corrected chi connectivity index (χ3v) is 2.14. The molecule has 0 unspecified atom stereocenters. The molecule has 1 aromatic heterocycles. The highest BCUT2D eigenvalue weighted by Gasteiger charge is 2.06. The zero-order valence-electron chi connectivity index (χ0n) is 7.70. The third kappa shape index (κ3) is 1.16. The van der Waals surface area contributed by atoms with E-state index in [1.165, 1.54) is 0 Å². The third-order valence-electron chi connectivity index (χ3n) is 2.14. The van der Waals surface area contributed by atoms with Crippen molar-refractivity contribution in [2.45, 2.75) is 20.4 Å². The summed E-state index contributed by atoms with van der Waals surface area (Å²) >= 11 is 0. The van der Waals surface area contributed by atoms with Crippen molar-refractivity contribution in [3.63, 3.8) is 0 Å². The van der Waals surface area contributed by atoms with Crippen molar-refractivity contribution in [2.75, 3.05) is 0 Å². The van der Waals surface area contributed by atoms with Gasteiger partial charge in [0.2, 0.25) is 0 Å². The Bertz CT molecular complexity index is 493. The number of aromatic nitrogens is 1. The van der Waals surface area contributed by atoms with Crippen LogP contribution in [0.1, 0.15) is 12.5 Å². The number of benzene rings is 1. The Kier molecular flexibility index (Phi) is 1.72. The van der Waals surface area contributed by atoms with E-state index in [-0.39, 0.29) is 5.76 Å². The van der Waals surface area contributed by atoms with E-state index in [0.29, 0.717) is 12.1 Å². The monoisotopic (exact) mass is 177 g/mol. The molecule has 0 saturated carbocycles. The average molecular weight is 177 g/mol. The minimum atomic E-state index is -0.275. The summed E-state index contributed by atoms with van der Waals surface area (Å²) in [6.45, 7) is 4.55. The molecule has 2 aromatic rings. The van der Waals surface area contributed by atoms with Gasteiger partial charge in [0.15, 0.2) is 5.58 Å². The number of hydrogen-bond acceptors (Lipinski definition) is 2. The van der Waals surface area contributed by atoms with Crippen molar-refractivity contribution in [2.24, 2.45) is 0 Å². The summed E-state index contributed by atoms with van der Waals surface area (Å²) in [6, 6.07) is 5.77. The highest BCUT2D eigenvalue weighted by Crippen LogP contribution is 2.13. The molecule has 0 aliphatic carbocycles. The smallest absolute Gasteiger partial charge is 0.408 e. The summed E-state index contributed by atoms with van der Waals surface area (Å²) in [5, 5.41) is 0. The van der Waals surface area contributed by atoms with Crippen molar-refractivity contribution < 1.29 is 4.42 Å². The highest BCUT2D eigenvalue weighted by molar-refractivity contribution is 5.73. The zero-order valence-corrected chi connectivity index (χ0v) is 7.70. The summed E-state index contributed by atoms with van der Waals surface area (Å²) in [7, 11) is 0. The van der Waals surface area contributed by atoms with Gasteiger partial charge < -0.3 is 4.42 Å². The van der Waals surface area contributed by atoms with E-state index in [9.17, 15) is 4.79 Å². The van der Waals surface area contributed by atoms with Gasteiger partial charge >= 0.3 is 5.76 Å². The van der Waals surface area contributed by atoms with Crippen LogP contribution in [0.3, 0.4) is 0 Å². The van der Waals surface area contributed by atoms with Crippen molar-refractivity contribution in [1.29, 1.82) is 0 Å². The summed E-state index contributed by atoms with van der Waals surface area (Å²) in [6.07, 6.45) is 0. The van der Waals surface area contributed by atoms with Gasteiger partial charge in [-0.1, -0.05) is 6.07 Å². The van der Waals surface area contributed by atoms with Crippen LogP contribution in [0.15, 0.2) is 27.4 Å². The van der Waals surface area contributed by atoms with Crippen LogP contribution in [0, 0.1) is 6.92 Å². The standard InChI is InChI=1S/C10H11NO2/c1-3-11-8-5-4-7(2)6-9(8)13-10(11)12/h4-6H,3H2,1-2H3. The van der Waals surface area contributed by atoms with Crippen molar-refractivity contribution in [3.05, 3.63) is 34.3 Å². The number of oxazole rings is 1. The number of aryl methyl sites for hydroxylation is 2. The van der Waals surface area contributed by atoms with Crippen LogP contribution in [0.4, 0.5) is 0 Å². The van der Waals surface area contributed by atoms with Crippen LogP contribution >= 0.6 is 0 Å². The maximum atomic E-state index is 11.3. The zero-order chi connectivity index (χ0) is 9.42. The second-order valence-corrected chi connectivity index (χ2v) is 3.08. The molecule has 1 heterocycles. The molecule has 13 heavy (non-hydrogen) atoms. The fourth-order valence-electron chi connectivity index (χ4n) is 1.47. The fraction of sp³-hybridized carbons (Fsp3) is 0.300. The fourth-order valence-corrected chi connectivity index (χ4v) is 1.47. The van der Waals surface area contributed by atoms with Gasteiger partial charge in [-0.2, -0.15) is 0 Å². The second-order valence-electron chi connectivity index (χ2n) is 3.08. The van der Waals surface area contributed by atoms with Gasteiger partial charge in [-0.15, -0.1) is 0 Å². The molecule has 0 aliphatic heterocycles. The lowest BCUT2D eigenvalue weighted by molar-refractivity contribution is 0.513. The maximum Gasteiger partial charge on any atom is 0.419 e. The molecule has 0 saturated heterocycles. The van der Waals surface area contributed by atoms with Gasteiger partial charge in [0.1, 0.15) is 0 Å². The topological polar surface area (TPSA) is 35.1 Å². The van der Waals surface area contributed by atoms with Crippen LogP contribution in [0.25, 0.3) is 11.1 Å². The molecule has 1 aromatic carbocycles. The quantitative estimate of drug-likeness (QED) is 0.667. The lowest BCUT2D eigenvalue weighted by atomic mass is 10.2. The predicted octanol–water partition coefficient (Wildman–Crippen LogP) is 1.92. The SMILES string of the molecule is CCn1c(=O)oc2cc(C)ccc21.